The zero-order valence-corrected chi connectivity index (χ0v) is 14.0. The van der Waals surface area contributed by atoms with E-state index in [0.29, 0.717) is 0 Å². The van der Waals surface area contributed by atoms with Gasteiger partial charge in [-0.15, -0.1) is 0 Å². The van der Waals surface area contributed by atoms with Gasteiger partial charge >= 0.3 is 0 Å². The van der Waals surface area contributed by atoms with Crippen LogP contribution >= 0.6 is 0 Å². The van der Waals surface area contributed by atoms with Gasteiger partial charge in [0.2, 0.25) is 0 Å². The topological polar surface area (TPSA) is 46.6 Å². The number of ether oxygens (including phenoxy) is 2. The lowest BCUT2D eigenvalue weighted by Gasteiger charge is -2.49. The van der Waals surface area contributed by atoms with Crippen molar-refractivity contribution < 1.29 is 9.47 Å². The first-order chi connectivity index (χ1) is 9.79. The minimum atomic E-state index is 0.0747. The summed E-state index contributed by atoms with van der Waals surface area (Å²) in [5.74, 6) is 1.46. The molecule has 0 bridgehead atoms. The van der Waals surface area contributed by atoms with E-state index in [1.165, 1.54) is 0 Å². The normalized spacial score (nSPS) is 21.0. The predicted octanol–water partition coefficient (Wildman–Crippen LogP) is 2.06. The fraction of sp³-hybridized carbons (Fsp3) is 0.688. The number of rotatable bonds is 4. The Kier molecular flexibility index (Phi) is 4.44. The highest BCUT2D eigenvalue weighted by Crippen LogP contribution is 2.32. The summed E-state index contributed by atoms with van der Waals surface area (Å²) in [5.41, 5.74) is 1.09. The van der Waals surface area contributed by atoms with Crippen molar-refractivity contribution >= 4 is 0 Å². The molecule has 1 aliphatic rings. The molecule has 2 rings (SSSR count). The van der Waals surface area contributed by atoms with Crippen LogP contribution in [0.4, 0.5) is 0 Å². The number of hydrogen-bond donors (Lipinski definition) is 1. The molecule has 0 amide bonds. The van der Waals surface area contributed by atoms with Gasteiger partial charge in [-0.3, -0.25) is 9.88 Å². The van der Waals surface area contributed by atoms with Crippen molar-refractivity contribution in [2.45, 2.75) is 45.3 Å². The second-order valence-corrected chi connectivity index (χ2v) is 6.90. The van der Waals surface area contributed by atoms with Crippen molar-refractivity contribution in [3.8, 4) is 11.5 Å². The van der Waals surface area contributed by atoms with Crippen LogP contribution < -0.4 is 14.8 Å². The number of pyridine rings is 1. The molecular formula is C16H27N3O2. The number of nitrogens with zero attached hydrogens (tertiary/aromatic N) is 2. The Bertz CT molecular complexity index is 500. The molecule has 0 atom stereocenters. The van der Waals surface area contributed by atoms with E-state index >= 15 is 0 Å². The molecule has 0 aromatic carbocycles. The first kappa shape index (κ1) is 16.0. The third-order valence-electron chi connectivity index (χ3n) is 4.15. The summed E-state index contributed by atoms with van der Waals surface area (Å²) < 4.78 is 10.9. The minimum absolute atomic E-state index is 0.0747. The minimum Gasteiger partial charge on any atom is -0.493 e. The lowest BCUT2D eigenvalue weighted by molar-refractivity contribution is 0.0307. The van der Waals surface area contributed by atoms with Gasteiger partial charge in [-0.05, 0) is 27.7 Å². The summed E-state index contributed by atoms with van der Waals surface area (Å²) in [6.45, 7) is 11.6. The van der Waals surface area contributed by atoms with E-state index in [-0.39, 0.29) is 11.1 Å². The molecule has 118 valence electrons. The van der Waals surface area contributed by atoms with Gasteiger partial charge in [0.05, 0.1) is 14.2 Å². The van der Waals surface area contributed by atoms with Gasteiger partial charge in [0.15, 0.2) is 11.5 Å². The number of aromatic nitrogens is 1. The summed E-state index contributed by atoms with van der Waals surface area (Å²) in [7, 11) is 3.31. The molecule has 1 N–H and O–H groups in total. The Hall–Kier alpha value is -1.33. The van der Waals surface area contributed by atoms with E-state index in [0.717, 1.165) is 36.8 Å². The molecule has 1 aliphatic heterocycles. The zero-order chi connectivity index (χ0) is 15.7. The van der Waals surface area contributed by atoms with Crippen LogP contribution in [0, 0.1) is 0 Å². The Morgan fingerprint density at radius 2 is 1.95 bits per heavy atom. The third kappa shape index (κ3) is 3.47. The smallest absolute Gasteiger partial charge is 0.183 e. The van der Waals surface area contributed by atoms with Crippen LogP contribution in [0.25, 0.3) is 0 Å². The van der Waals surface area contributed by atoms with E-state index < -0.39 is 0 Å². The quantitative estimate of drug-likeness (QED) is 0.921. The third-order valence-corrected chi connectivity index (χ3v) is 4.15. The molecule has 0 unspecified atom stereocenters. The van der Waals surface area contributed by atoms with E-state index in [1.54, 1.807) is 20.4 Å². The van der Waals surface area contributed by atoms with Gasteiger partial charge in [-0.25, -0.2) is 0 Å². The molecule has 0 spiro atoms. The molecule has 0 radical (unpaired) electrons. The Labute approximate surface area is 127 Å². The molecule has 21 heavy (non-hydrogen) atoms. The average molecular weight is 293 g/mol. The van der Waals surface area contributed by atoms with Crippen molar-refractivity contribution in [2.75, 3.05) is 27.3 Å². The number of piperazine rings is 1. The van der Waals surface area contributed by atoms with Crippen molar-refractivity contribution in [3.05, 3.63) is 18.0 Å². The maximum absolute atomic E-state index is 5.50. The van der Waals surface area contributed by atoms with Crippen LogP contribution in [0.1, 0.15) is 33.4 Å². The molecule has 0 aliphatic carbocycles. The summed E-state index contributed by atoms with van der Waals surface area (Å²) in [6, 6.07) is 1.83. The van der Waals surface area contributed by atoms with Gasteiger partial charge in [0.25, 0.3) is 0 Å². The molecular weight excluding hydrogens is 266 g/mol. The van der Waals surface area contributed by atoms with Crippen LogP contribution in [-0.4, -0.2) is 48.3 Å². The highest BCUT2D eigenvalue weighted by atomic mass is 16.5. The first-order valence-corrected chi connectivity index (χ1v) is 7.35. The van der Waals surface area contributed by atoms with Gasteiger partial charge in [0, 0.05) is 43.0 Å². The van der Waals surface area contributed by atoms with E-state index in [1.807, 2.05) is 6.07 Å². The van der Waals surface area contributed by atoms with Crippen LogP contribution in [0.15, 0.2) is 12.3 Å². The van der Waals surface area contributed by atoms with E-state index in [2.05, 4.69) is 42.9 Å². The number of nitrogens with one attached hydrogen (secondary N) is 1. The Balaban J connectivity index is 2.27. The fourth-order valence-corrected chi connectivity index (χ4v) is 2.73. The fourth-order valence-electron chi connectivity index (χ4n) is 2.73. The molecule has 2 heterocycles. The molecule has 5 heteroatoms. The SMILES string of the molecule is COc1ccnc(CN2CC(C)(C)NCC2(C)C)c1OC. The zero-order valence-electron chi connectivity index (χ0n) is 14.0. The summed E-state index contributed by atoms with van der Waals surface area (Å²) in [4.78, 5) is 6.95. The van der Waals surface area contributed by atoms with Crippen molar-refractivity contribution in [1.29, 1.82) is 0 Å². The summed E-state index contributed by atoms with van der Waals surface area (Å²) >= 11 is 0. The van der Waals surface area contributed by atoms with Gasteiger partial charge in [0.1, 0.15) is 5.69 Å². The molecule has 1 saturated heterocycles. The van der Waals surface area contributed by atoms with Crippen LogP contribution in [0.2, 0.25) is 0 Å². The first-order valence-electron chi connectivity index (χ1n) is 7.35. The maximum atomic E-state index is 5.50. The summed E-state index contributed by atoms with van der Waals surface area (Å²) in [5, 5.41) is 3.60. The maximum Gasteiger partial charge on any atom is 0.183 e. The molecule has 1 fully saturated rings. The second kappa shape index (κ2) is 5.81. The standard InChI is InChI=1S/C16H27N3O2/c1-15(2)11-19(16(3,4)10-18-15)9-12-14(21-6)13(20-5)7-8-17-12/h7-8,18H,9-11H2,1-6H3. The molecule has 1 aromatic heterocycles. The van der Waals surface area contributed by atoms with Crippen molar-refractivity contribution in [2.24, 2.45) is 0 Å². The average Bonchev–Trinajstić information content (AvgIpc) is 2.43. The van der Waals surface area contributed by atoms with Gasteiger partial charge < -0.3 is 14.8 Å². The number of hydrogen-bond acceptors (Lipinski definition) is 5. The molecule has 5 nitrogen and oxygen atoms in total. The van der Waals surface area contributed by atoms with Crippen LogP contribution in [0.3, 0.4) is 0 Å². The second-order valence-electron chi connectivity index (χ2n) is 6.90. The largest absolute Gasteiger partial charge is 0.493 e. The number of methoxy groups -OCH3 is 2. The highest BCUT2D eigenvalue weighted by Gasteiger charge is 2.38. The lowest BCUT2D eigenvalue weighted by Crippen LogP contribution is -2.65. The van der Waals surface area contributed by atoms with Crippen LogP contribution in [0.5, 0.6) is 11.5 Å². The van der Waals surface area contributed by atoms with Crippen LogP contribution in [-0.2, 0) is 6.54 Å². The van der Waals surface area contributed by atoms with Crippen molar-refractivity contribution in [1.82, 2.24) is 15.2 Å². The molecule has 1 aromatic rings. The predicted molar refractivity (Wildman–Crippen MR) is 83.9 cm³/mol. The van der Waals surface area contributed by atoms with Gasteiger partial charge in [-0.2, -0.15) is 0 Å². The van der Waals surface area contributed by atoms with E-state index in [9.17, 15) is 0 Å². The monoisotopic (exact) mass is 293 g/mol. The highest BCUT2D eigenvalue weighted by molar-refractivity contribution is 5.42. The molecule has 0 saturated carbocycles. The van der Waals surface area contributed by atoms with E-state index in [4.69, 9.17) is 9.47 Å². The van der Waals surface area contributed by atoms with Crippen molar-refractivity contribution in [3.63, 3.8) is 0 Å². The van der Waals surface area contributed by atoms with Gasteiger partial charge in [-0.1, -0.05) is 0 Å². The Morgan fingerprint density at radius 1 is 1.24 bits per heavy atom. The summed E-state index contributed by atoms with van der Waals surface area (Å²) in [6.07, 6.45) is 1.77. The Morgan fingerprint density at radius 3 is 2.57 bits per heavy atom. The lowest BCUT2D eigenvalue weighted by atomic mass is 9.91.